The molecule has 34 heavy (non-hydrogen) atoms. The van der Waals surface area contributed by atoms with Crippen LogP contribution in [-0.4, -0.2) is 43.4 Å². The molecule has 2 aromatic heterocycles. The van der Waals surface area contributed by atoms with Gasteiger partial charge < -0.3 is 14.7 Å². The highest BCUT2D eigenvalue weighted by Gasteiger charge is 2.61. The third-order valence-corrected chi connectivity index (χ3v) is 7.44. The Bertz CT molecular complexity index is 1360. The maximum Gasteiger partial charge on any atom is 0.355 e. The van der Waals surface area contributed by atoms with E-state index in [9.17, 15) is 24.8 Å². The topological polar surface area (TPSA) is 118 Å². The number of esters is 1. The molecule has 1 N–H and O–H groups in total. The molecule has 2 aliphatic heterocycles. The summed E-state index contributed by atoms with van der Waals surface area (Å²) in [7, 11) is 1.91. The molecule has 0 saturated carbocycles. The van der Waals surface area contributed by atoms with Gasteiger partial charge in [0.2, 0.25) is 17.1 Å². The Hall–Kier alpha value is -3.57. The van der Waals surface area contributed by atoms with Crippen molar-refractivity contribution in [3.8, 4) is 0 Å². The Kier molecular flexibility index (Phi) is 5.25. The van der Waals surface area contributed by atoms with Gasteiger partial charge in [0.15, 0.2) is 0 Å². The number of amides is 1. The maximum atomic E-state index is 13.3. The van der Waals surface area contributed by atoms with E-state index >= 15 is 0 Å². The van der Waals surface area contributed by atoms with Crippen LogP contribution in [0, 0.1) is 22.0 Å². The second-order valence-corrected chi connectivity index (χ2v) is 9.64. The number of β-lactam (4-membered cyclic amide) rings is 1. The molecule has 0 spiro atoms. The quantitative estimate of drug-likeness (QED) is 0.189. The van der Waals surface area contributed by atoms with Crippen LogP contribution in [0.15, 0.2) is 47.9 Å². The zero-order valence-electron chi connectivity index (χ0n) is 18.7. The molecule has 5 rings (SSSR count). The first-order valence-corrected chi connectivity index (χ1v) is 11.7. The summed E-state index contributed by atoms with van der Waals surface area (Å²) in [6, 6.07) is 5.43. The minimum Gasteiger partial charge on any atom is -0.456 e. The zero-order valence-corrected chi connectivity index (χ0v) is 19.6. The number of nitro groups is 1. The van der Waals surface area contributed by atoms with Gasteiger partial charge in [-0.25, -0.2) is 9.36 Å². The molecule has 2 aliphatic rings. The molecule has 4 heterocycles. The monoisotopic (exact) mass is 483 g/mol. The highest BCUT2D eigenvalue weighted by Crippen LogP contribution is 2.51. The summed E-state index contributed by atoms with van der Waals surface area (Å²) >= 11 is 1.53. The molecule has 1 saturated heterocycles. The first-order valence-electron chi connectivity index (χ1n) is 10.8. The van der Waals surface area contributed by atoms with E-state index < -0.39 is 22.9 Å². The predicted octanol–water partition coefficient (Wildman–Crippen LogP) is 2.05. The predicted molar refractivity (Wildman–Crippen MR) is 121 cm³/mol. The highest BCUT2D eigenvalue weighted by atomic mass is 32.1. The van der Waals surface area contributed by atoms with Gasteiger partial charge in [0, 0.05) is 29.0 Å². The first kappa shape index (κ1) is 22.2. The SMILES string of the molecule is C[C@@H](O)[C@H]1C(=O)N2C(C(=O)OCc3ccc([N+](=O)[O-])cc3)=C(c3csc4c[n+](C)cn34)[C@H](C)[C@H]12. The van der Waals surface area contributed by atoms with Crippen molar-refractivity contribution in [2.24, 2.45) is 18.9 Å². The fourth-order valence-corrected chi connectivity index (χ4v) is 5.93. The smallest absolute Gasteiger partial charge is 0.355 e. The van der Waals surface area contributed by atoms with Crippen molar-refractivity contribution in [3.63, 3.8) is 0 Å². The van der Waals surface area contributed by atoms with E-state index in [4.69, 9.17) is 4.74 Å². The summed E-state index contributed by atoms with van der Waals surface area (Å²) in [6.45, 7) is 3.45. The van der Waals surface area contributed by atoms with Crippen LogP contribution in [0.5, 0.6) is 0 Å². The second-order valence-electron chi connectivity index (χ2n) is 8.76. The van der Waals surface area contributed by atoms with Crippen LogP contribution in [0.25, 0.3) is 10.4 Å². The lowest BCUT2D eigenvalue weighted by molar-refractivity contribution is -0.669. The van der Waals surface area contributed by atoms with Crippen LogP contribution in [0.2, 0.25) is 0 Å². The Morgan fingerprint density at radius 2 is 2.06 bits per heavy atom. The van der Waals surface area contributed by atoms with Crippen molar-refractivity contribution in [1.82, 2.24) is 9.30 Å². The average Bonchev–Trinajstić information content (AvgIpc) is 3.41. The largest absolute Gasteiger partial charge is 0.456 e. The molecule has 176 valence electrons. The Morgan fingerprint density at radius 3 is 2.71 bits per heavy atom. The van der Waals surface area contributed by atoms with Crippen LogP contribution < -0.4 is 4.57 Å². The second kappa shape index (κ2) is 8.03. The number of fused-ring (bicyclic) bond motifs is 2. The van der Waals surface area contributed by atoms with Crippen molar-refractivity contribution in [2.75, 3.05) is 0 Å². The summed E-state index contributed by atoms with van der Waals surface area (Å²) in [5, 5.41) is 23.0. The van der Waals surface area contributed by atoms with Gasteiger partial charge >= 0.3 is 5.97 Å². The lowest BCUT2D eigenvalue weighted by Crippen LogP contribution is -2.63. The van der Waals surface area contributed by atoms with E-state index in [0.29, 0.717) is 11.1 Å². The van der Waals surface area contributed by atoms with Gasteiger partial charge in [-0.3, -0.25) is 14.9 Å². The normalized spacial score (nSPS) is 22.6. The molecule has 0 unspecified atom stereocenters. The molecular weight excluding hydrogens is 460 g/mol. The van der Waals surface area contributed by atoms with Crippen LogP contribution in [0.3, 0.4) is 0 Å². The third kappa shape index (κ3) is 3.31. The van der Waals surface area contributed by atoms with Crippen LogP contribution in [-0.2, 0) is 28.0 Å². The minimum absolute atomic E-state index is 0.0516. The Morgan fingerprint density at radius 1 is 1.35 bits per heavy atom. The number of aromatic nitrogens is 2. The number of thiazole rings is 1. The van der Waals surface area contributed by atoms with Crippen LogP contribution in [0.1, 0.15) is 25.1 Å². The van der Waals surface area contributed by atoms with Crippen molar-refractivity contribution < 1.29 is 28.9 Å². The number of non-ortho nitro benzene ring substituents is 1. The van der Waals surface area contributed by atoms with Gasteiger partial charge in [0.05, 0.1) is 30.0 Å². The zero-order chi connectivity index (χ0) is 24.3. The number of rotatable bonds is 6. The van der Waals surface area contributed by atoms with Crippen molar-refractivity contribution in [1.29, 1.82) is 0 Å². The van der Waals surface area contributed by atoms with Crippen molar-refractivity contribution >= 4 is 39.3 Å². The van der Waals surface area contributed by atoms with E-state index in [0.717, 1.165) is 10.5 Å². The number of imidazole rings is 1. The molecule has 1 fully saturated rings. The molecule has 10 nitrogen and oxygen atoms in total. The number of hydrogen-bond donors (Lipinski definition) is 1. The third-order valence-electron chi connectivity index (χ3n) is 6.56. The number of hydrogen-bond acceptors (Lipinski definition) is 7. The molecule has 4 atom stereocenters. The van der Waals surface area contributed by atoms with Gasteiger partial charge in [0.1, 0.15) is 24.2 Å². The maximum absolute atomic E-state index is 13.3. The van der Waals surface area contributed by atoms with E-state index in [1.54, 1.807) is 6.92 Å². The molecule has 3 aromatic rings. The van der Waals surface area contributed by atoms with E-state index in [1.165, 1.54) is 40.5 Å². The Labute approximate surface area is 198 Å². The highest BCUT2D eigenvalue weighted by molar-refractivity contribution is 7.15. The minimum atomic E-state index is -0.834. The van der Waals surface area contributed by atoms with Gasteiger partial charge in [-0.15, -0.1) is 0 Å². The number of aryl methyl sites for hydroxylation is 1. The van der Waals surface area contributed by atoms with Gasteiger partial charge in [0.25, 0.3) is 5.69 Å². The molecule has 0 radical (unpaired) electrons. The summed E-state index contributed by atoms with van der Waals surface area (Å²) in [5.74, 6) is -1.71. The summed E-state index contributed by atoms with van der Waals surface area (Å²) in [4.78, 5) is 39.1. The standard InChI is InChI=1S/C23H23N4O6S/c1-12-18(16-10-34-17-8-24(3)11-25(16)17)21(26-20(12)19(13(2)28)22(26)29)23(30)33-9-14-4-6-15(7-5-14)27(31)32/h4-8,10-13,19-20,28H,9H2,1-3H3/q+1/t12-,13+,19+,20+/m0/s1. The van der Waals surface area contributed by atoms with E-state index in [2.05, 4.69) is 0 Å². The first-order chi connectivity index (χ1) is 16.2. The van der Waals surface area contributed by atoms with Gasteiger partial charge in [-0.2, -0.15) is 4.40 Å². The number of nitrogens with zero attached hydrogens (tertiary/aromatic N) is 4. The molecule has 0 aliphatic carbocycles. The molecule has 0 bridgehead atoms. The van der Waals surface area contributed by atoms with Crippen molar-refractivity contribution in [2.45, 2.75) is 32.6 Å². The van der Waals surface area contributed by atoms with Crippen LogP contribution in [0.4, 0.5) is 5.69 Å². The number of ether oxygens (including phenoxy) is 1. The number of carbonyl (C=O) groups excluding carboxylic acids is 2. The molecule has 11 heteroatoms. The number of carbonyl (C=O) groups is 2. The lowest BCUT2D eigenvalue weighted by Gasteiger charge is -2.46. The van der Waals surface area contributed by atoms with Crippen LogP contribution >= 0.6 is 11.3 Å². The molecular formula is C23H23N4O6S+. The number of aliphatic hydroxyl groups is 1. The average molecular weight is 484 g/mol. The number of nitro benzene ring substituents is 1. The summed E-state index contributed by atoms with van der Waals surface area (Å²) in [5.41, 5.74) is 2.25. The fourth-order valence-electron chi connectivity index (χ4n) is 4.97. The van der Waals surface area contributed by atoms with E-state index in [1.807, 2.05) is 40.8 Å². The van der Waals surface area contributed by atoms with E-state index in [-0.39, 0.29) is 35.9 Å². The lowest BCUT2D eigenvalue weighted by atomic mass is 9.77. The fraction of sp³-hybridized carbons (Fsp3) is 0.348. The summed E-state index contributed by atoms with van der Waals surface area (Å²) in [6.07, 6.45) is 3.05. The Balaban J connectivity index is 1.51. The molecule has 1 amide bonds. The number of benzene rings is 1. The summed E-state index contributed by atoms with van der Waals surface area (Å²) < 4.78 is 9.47. The molecule has 1 aromatic carbocycles. The van der Waals surface area contributed by atoms with Gasteiger partial charge in [-0.05, 0) is 24.6 Å². The van der Waals surface area contributed by atoms with Gasteiger partial charge in [-0.1, -0.05) is 18.3 Å². The number of aliphatic hydroxyl groups excluding tert-OH is 1. The van der Waals surface area contributed by atoms with Crippen molar-refractivity contribution in [3.05, 3.63) is 69.2 Å².